The molecule has 3 N–H and O–H groups in total. The minimum Gasteiger partial charge on any atom is -0.485 e. The molecule has 2 aliphatic heterocycles. The first-order valence-corrected chi connectivity index (χ1v) is 10.6. The SMILES string of the molecule is OCc1ccc2c(-c3cc(Cl)cc4c3OC(C(O)N3CCNCC3)C4)ccnc2c1. The summed E-state index contributed by atoms with van der Waals surface area (Å²) in [4.78, 5) is 6.52. The van der Waals surface area contributed by atoms with Crippen molar-refractivity contribution >= 4 is 22.5 Å². The molecule has 0 saturated carbocycles. The maximum atomic E-state index is 10.9. The van der Waals surface area contributed by atoms with Crippen molar-refractivity contribution in [2.75, 3.05) is 26.2 Å². The number of aliphatic hydroxyl groups excluding tert-OH is 2. The summed E-state index contributed by atoms with van der Waals surface area (Å²) in [5, 5.41) is 25.3. The van der Waals surface area contributed by atoms with Gasteiger partial charge in [-0.05, 0) is 35.4 Å². The number of nitrogens with one attached hydrogen (secondary N) is 1. The van der Waals surface area contributed by atoms with Gasteiger partial charge in [0.15, 0.2) is 0 Å². The number of hydrogen-bond donors (Lipinski definition) is 3. The van der Waals surface area contributed by atoms with Crippen molar-refractivity contribution in [3.05, 3.63) is 58.7 Å². The molecular weight excluding hydrogens is 402 g/mol. The second kappa shape index (κ2) is 8.13. The van der Waals surface area contributed by atoms with Crippen molar-refractivity contribution in [2.24, 2.45) is 0 Å². The molecule has 0 bridgehead atoms. The fourth-order valence-corrected chi connectivity index (χ4v) is 4.67. The lowest BCUT2D eigenvalue weighted by atomic mass is 9.97. The van der Waals surface area contributed by atoms with Crippen LogP contribution in [0, 0.1) is 0 Å². The molecule has 0 aliphatic carbocycles. The normalized spacial score (nSPS) is 20.2. The summed E-state index contributed by atoms with van der Waals surface area (Å²) >= 11 is 6.47. The van der Waals surface area contributed by atoms with Gasteiger partial charge in [0, 0.05) is 60.3 Å². The summed E-state index contributed by atoms with van der Waals surface area (Å²) in [5.41, 5.74) is 4.51. The van der Waals surface area contributed by atoms with Gasteiger partial charge in [0.2, 0.25) is 0 Å². The van der Waals surface area contributed by atoms with Gasteiger partial charge in [-0.2, -0.15) is 0 Å². The number of piperazine rings is 1. The minimum absolute atomic E-state index is 0.0247. The Balaban J connectivity index is 1.53. The van der Waals surface area contributed by atoms with Crippen molar-refractivity contribution in [3.63, 3.8) is 0 Å². The number of fused-ring (bicyclic) bond motifs is 2. The van der Waals surface area contributed by atoms with Crippen LogP contribution in [0.25, 0.3) is 22.0 Å². The number of benzene rings is 2. The molecule has 2 aromatic carbocycles. The van der Waals surface area contributed by atoms with Crippen molar-refractivity contribution in [2.45, 2.75) is 25.4 Å². The van der Waals surface area contributed by atoms with Crippen LogP contribution >= 0.6 is 11.6 Å². The van der Waals surface area contributed by atoms with E-state index < -0.39 is 6.23 Å². The summed E-state index contributed by atoms with van der Waals surface area (Å²) in [6.45, 7) is 3.31. The quantitative estimate of drug-likeness (QED) is 0.596. The van der Waals surface area contributed by atoms with E-state index in [1.807, 2.05) is 36.4 Å². The molecule has 2 unspecified atom stereocenters. The highest BCUT2D eigenvalue weighted by Gasteiger charge is 2.35. The lowest BCUT2D eigenvalue weighted by Crippen LogP contribution is -2.53. The van der Waals surface area contributed by atoms with Gasteiger partial charge in [0.1, 0.15) is 18.1 Å². The molecule has 7 heteroatoms. The van der Waals surface area contributed by atoms with Gasteiger partial charge in [-0.3, -0.25) is 9.88 Å². The molecule has 0 amide bonds. The monoisotopic (exact) mass is 425 g/mol. The Kier molecular flexibility index (Phi) is 5.35. The zero-order valence-electron chi connectivity index (χ0n) is 16.5. The Morgan fingerprint density at radius 1 is 1.17 bits per heavy atom. The number of ether oxygens (including phenoxy) is 1. The van der Waals surface area contributed by atoms with Gasteiger partial charge >= 0.3 is 0 Å². The molecular formula is C23H24ClN3O3. The molecule has 30 heavy (non-hydrogen) atoms. The fraction of sp³-hybridized carbons (Fsp3) is 0.348. The lowest BCUT2D eigenvalue weighted by Gasteiger charge is -2.34. The maximum absolute atomic E-state index is 10.9. The molecule has 2 aliphatic rings. The van der Waals surface area contributed by atoms with E-state index in [9.17, 15) is 10.2 Å². The van der Waals surface area contributed by atoms with E-state index in [1.54, 1.807) is 6.20 Å². The maximum Gasteiger partial charge on any atom is 0.145 e. The van der Waals surface area contributed by atoms with E-state index in [1.165, 1.54) is 0 Å². The number of aliphatic hydroxyl groups is 2. The lowest BCUT2D eigenvalue weighted by molar-refractivity contribution is -0.0692. The van der Waals surface area contributed by atoms with Crippen molar-refractivity contribution in [1.82, 2.24) is 15.2 Å². The van der Waals surface area contributed by atoms with Crippen LogP contribution in [-0.4, -0.2) is 58.6 Å². The highest BCUT2D eigenvalue weighted by atomic mass is 35.5. The van der Waals surface area contributed by atoms with E-state index in [0.717, 1.165) is 65.1 Å². The molecule has 156 valence electrons. The Morgan fingerprint density at radius 3 is 2.80 bits per heavy atom. The van der Waals surface area contributed by atoms with E-state index in [-0.39, 0.29) is 12.7 Å². The second-order valence-electron chi connectivity index (χ2n) is 7.87. The van der Waals surface area contributed by atoms with E-state index in [2.05, 4.69) is 15.2 Å². The predicted octanol–water partition coefficient (Wildman–Crippen LogP) is 2.57. The summed E-state index contributed by atoms with van der Waals surface area (Å²) in [6, 6.07) is 11.6. The second-order valence-corrected chi connectivity index (χ2v) is 8.31. The standard InChI is InChI=1S/C23H24ClN3O3/c24-16-10-15-11-21(23(29)27-7-5-25-6-8-27)30-22(15)19(12-16)17-3-4-26-20-9-14(13-28)1-2-18(17)20/h1-4,9-10,12,21,23,25,28-29H,5-8,11,13H2. The summed E-state index contributed by atoms with van der Waals surface area (Å²) in [7, 11) is 0. The molecule has 1 fully saturated rings. The molecule has 5 rings (SSSR count). The Hall–Kier alpha value is -2.22. The average molecular weight is 426 g/mol. The molecule has 0 spiro atoms. The number of aromatic nitrogens is 1. The zero-order chi connectivity index (χ0) is 20.7. The molecule has 3 aromatic rings. The highest BCUT2D eigenvalue weighted by Crippen LogP contribution is 2.43. The van der Waals surface area contributed by atoms with Crippen LogP contribution in [-0.2, 0) is 13.0 Å². The summed E-state index contributed by atoms with van der Waals surface area (Å²) < 4.78 is 6.33. The van der Waals surface area contributed by atoms with Crippen molar-refractivity contribution < 1.29 is 14.9 Å². The van der Waals surface area contributed by atoms with Crippen LogP contribution in [0.5, 0.6) is 5.75 Å². The number of pyridine rings is 1. The van der Waals surface area contributed by atoms with Crippen molar-refractivity contribution in [1.29, 1.82) is 0 Å². The van der Waals surface area contributed by atoms with Gasteiger partial charge in [-0.15, -0.1) is 0 Å². The van der Waals surface area contributed by atoms with Gasteiger partial charge < -0.3 is 20.3 Å². The Labute approximate surface area is 180 Å². The topological polar surface area (TPSA) is 77.8 Å². The molecule has 2 atom stereocenters. The number of rotatable bonds is 4. The molecule has 1 aromatic heterocycles. The van der Waals surface area contributed by atoms with Crippen LogP contribution in [0.3, 0.4) is 0 Å². The third-order valence-electron chi connectivity index (χ3n) is 5.96. The predicted molar refractivity (Wildman–Crippen MR) is 117 cm³/mol. The van der Waals surface area contributed by atoms with Gasteiger partial charge in [-0.25, -0.2) is 0 Å². The molecule has 0 radical (unpaired) electrons. The van der Waals surface area contributed by atoms with E-state index >= 15 is 0 Å². The van der Waals surface area contributed by atoms with Crippen LogP contribution in [0.1, 0.15) is 11.1 Å². The number of halogens is 1. The number of hydrogen-bond acceptors (Lipinski definition) is 6. The van der Waals surface area contributed by atoms with Crippen LogP contribution in [0.15, 0.2) is 42.6 Å². The third-order valence-corrected chi connectivity index (χ3v) is 6.18. The van der Waals surface area contributed by atoms with E-state index in [0.29, 0.717) is 11.4 Å². The first-order valence-electron chi connectivity index (χ1n) is 10.2. The first-order chi connectivity index (χ1) is 14.6. The fourth-order valence-electron chi connectivity index (χ4n) is 4.43. The van der Waals surface area contributed by atoms with Crippen LogP contribution < -0.4 is 10.1 Å². The minimum atomic E-state index is -0.660. The first kappa shape index (κ1) is 19.7. The van der Waals surface area contributed by atoms with Gasteiger partial charge in [-0.1, -0.05) is 23.7 Å². The smallest absolute Gasteiger partial charge is 0.145 e. The molecule has 6 nitrogen and oxygen atoms in total. The molecule has 1 saturated heterocycles. The zero-order valence-corrected chi connectivity index (χ0v) is 17.3. The third kappa shape index (κ3) is 3.55. The largest absolute Gasteiger partial charge is 0.485 e. The van der Waals surface area contributed by atoms with Gasteiger partial charge in [0.05, 0.1) is 12.1 Å². The number of nitrogens with zero attached hydrogens (tertiary/aromatic N) is 2. The Morgan fingerprint density at radius 2 is 2.00 bits per heavy atom. The summed E-state index contributed by atoms with van der Waals surface area (Å²) in [5.74, 6) is 0.775. The Bertz CT molecular complexity index is 1080. The van der Waals surface area contributed by atoms with Crippen LogP contribution in [0.2, 0.25) is 5.02 Å². The molecule has 3 heterocycles. The van der Waals surface area contributed by atoms with E-state index in [4.69, 9.17) is 16.3 Å². The summed E-state index contributed by atoms with van der Waals surface area (Å²) in [6.07, 6.45) is 1.39. The van der Waals surface area contributed by atoms with Crippen molar-refractivity contribution in [3.8, 4) is 16.9 Å². The van der Waals surface area contributed by atoms with Crippen LogP contribution in [0.4, 0.5) is 0 Å². The highest BCUT2D eigenvalue weighted by molar-refractivity contribution is 6.31. The van der Waals surface area contributed by atoms with Gasteiger partial charge in [0.25, 0.3) is 0 Å². The average Bonchev–Trinajstić information content (AvgIpc) is 3.21.